The molecule has 1 aromatic heterocycles. The molecular weight excluding hydrogens is 228 g/mol. The third-order valence-electron chi connectivity index (χ3n) is 3.35. The average molecular weight is 250 g/mol. The highest BCUT2D eigenvalue weighted by Crippen LogP contribution is 2.19. The van der Waals surface area contributed by atoms with E-state index in [4.69, 9.17) is 0 Å². The standard InChI is InChI=1S/C13H22N4O/c1-3-16(4-2)13(18)10-17-8-7-14-12(17)9-15-11-5-6-11/h7-8,11,15H,3-6,9-10H2,1-2H3. The maximum absolute atomic E-state index is 12.0. The summed E-state index contributed by atoms with van der Waals surface area (Å²) in [4.78, 5) is 18.2. The van der Waals surface area contributed by atoms with E-state index in [1.807, 2.05) is 29.5 Å². The monoisotopic (exact) mass is 250 g/mol. The van der Waals surface area contributed by atoms with Gasteiger partial charge < -0.3 is 14.8 Å². The lowest BCUT2D eigenvalue weighted by molar-refractivity contribution is -0.131. The van der Waals surface area contributed by atoms with Crippen molar-refractivity contribution in [2.75, 3.05) is 13.1 Å². The summed E-state index contributed by atoms with van der Waals surface area (Å²) < 4.78 is 1.94. The van der Waals surface area contributed by atoms with Crippen molar-refractivity contribution in [3.8, 4) is 0 Å². The van der Waals surface area contributed by atoms with E-state index in [1.165, 1.54) is 12.8 Å². The van der Waals surface area contributed by atoms with Crippen LogP contribution in [0.25, 0.3) is 0 Å². The first-order chi connectivity index (χ1) is 8.74. The number of nitrogens with one attached hydrogen (secondary N) is 1. The highest BCUT2D eigenvalue weighted by atomic mass is 16.2. The molecule has 1 amide bonds. The quantitative estimate of drug-likeness (QED) is 0.785. The zero-order chi connectivity index (χ0) is 13.0. The van der Waals surface area contributed by atoms with Crippen molar-refractivity contribution in [2.24, 2.45) is 0 Å². The van der Waals surface area contributed by atoms with Gasteiger partial charge in [-0.2, -0.15) is 0 Å². The lowest BCUT2D eigenvalue weighted by Gasteiger charge is -2.19. The summed E-state index contributed by atoms with van der Waals surface area (Å²) >= 11 is 0. The number of carbonyl (C=O) groups excluding carboxylic acids is 1. The van der Waals surface area contributed by atoms with Gasteiger partial charge in [0.1, 0.15) is 12.4 Å². The number of nitrogens with zero attached hydrogens (tertiary/aromatic N) is 3. The van der Waals surface area contributed by atoms with Gasteiger partial charge in [0.15, 0.2) is 0 Å². The van der Waals surface area contributed by atoms with E-state index in [0.29, 0.717) is 12.6 Å². The summed E-state index contributed by atoms with van der Waals surface area (Å²) in [5.74, 6) is 1.10. The first-order valence-corrected chi connectivity index (χ1v) is 6.75. The van der Waals surface area contributed by atoms with Gasteiger partial charge in [-0.25, -0.2) is 4.98 Å². The molecule has 1 N–H and O–H groups in total. The second-order valence-electron chi connectivity index (χ2n) is 4.69. The zero-order valence-corrected chi connectivity index (χ0v) is 11.2. The summed E-state index contributed by atoms with van der Waals surface area (Å²) in [5.41, 5.74) is 0. The van der Waals surface area contributed by atoms with Crippen LogP contribution in [0.2, 0.25) is 0 Å². The Morgan fingerprint density at radius 1 is 1.50 bits per heavy atom. The van der Waals surface area contributed by atoms with Crippen molar-refractivity contribution in [2.45, 2.75) is 45.8 Å². The fourth-order valence-corrected chi connectivity index (χ4v) is 2.00. The molecule has 1 heterocycles. The second-order valence-corrected chi connectivity index (χ2v) is 4.69. The minimum atomic E-state index is 0.158. The Labute approximate surface area is 108 Å². The number of likely N-dealkylation sites (N-methyl/N-ethyl adjacent to an activating group) is 1. The van der Waals surface area contributed by atoms with Gasteiger partial charge in [-0.1, -0.05) is 0 Å². The minimum absolute atomic E-state index is 0.158. The van der Waals surface area contributed by atoms with Crippen LogP contribution in [0.4, 0.5) is 0 Å². The molecule has 0 saturated heterocycles. The number of hydrogen-bond donors (Lipinski definition) is 1. The van der Waals surface area contributed by atoms with Gasteiger partial charge in [-0.05, 0) is 26.7 Å². The van der Waals surface area contributed by atoms with Crippen LogP contribution >= 0.6 is 0 Å². The molecule has 1 aromatic rings. The number of amides is 1. The average Bonchev–Trinajstić information content (AvgIpc) is 3.09. The normalized spacial score (nSPS) is 14.8. The summed E-state index contributed by atoms with van der Waals surface area (Å²) in [6.07, 6.45) is 6.17. The number of imidazole rings is 1. The molecular formula is C13H22N4O. The van der Waals surface area contributed by atoms with Crippen LogP contribution in [0.5, 0.6) is 0 Å². The highest BCUT2D eigenvalue weighted by Gasteiger charge is 2.21. The summed E-state index contributed by atoms with van der Waals surface area (Å²) in [5, 5.41) is 3.42. The molecule has 1 fully saturated rings. The van der Waals surface area contributed by atoms with Crippen molar-refractivity contribution < 1.29 is 4.79 Å². The molecule has 1 aliphatic carbocycles. The van der Waals surface area contributed by atoms with Crippen LogP contribution in [-0.4, -0.2) is 39.5 Å². The topological polar surface area (TPSA) is 50.2 Å². The number of hydrogen-bond acceptors (Lipinski definition) is 3. The highest BCUT2D eigenvalue weighted by molar-refractivity contribution is 5.76. The van der Waals surface area contributed by atoms with Crippen LogP contribution in [-0.2, 0) is 17.9 Å². The molecule has 0 aliphatic heterocycles. The van der Waals surface area contributed by atoms with E-state index in [-0.39, 0.29) is 5.91 Å². The summed E-state index contributed by atoms with van der Waals surface area (Å²) in [6.45, 7) is 6.68. The van der Waals surface area contributed by atoms with Gasteiger partial charge in [0, 0.05) is 31.5 Å². The molecule has 0 bridgehead atoms. The van der Waals surface area contributed by atoms with Crippen LogP contribution < -0.4 is 5.32 Å². The molecule has 0 unspecified atom stereocenters. The predicted octanol–water partition coefficient (Wildman–Crippen LogP) is 1.00. The van der Waals surface area contributed by atoms with Crippen LogP contribution in [0.1, 0.15) is 32.5 Å². The van der Waals surface area contributed by atoms with E-state index in [0.717, 1.165) is 25.5 Å². The minimum Gasteiger partial charge on any atom is -0.342 e. The smallest absolute Gasteiger partial charge is 0.242 e. The molecule has 0 atom stereocenters. The number of carbonyl (C=O) groups is 1. The van der Waals surface area contributed by atoms with Gasteiger partial charge in [0.2, 0.25) is 5.91 Å². The summed E-state index contributed by atoms with van der Waals surface area (Å²) in [6, 6.07) is 0.661. The maximum Gasteiger partial charge on any atom is 0.242 e. The van der Waals surface area contributed by atoms with Crippen molar-refractivity contribution in [3.63, 3.8) is 0 Å². The Morgan fingerprint density at radius 3 is 2.83 bits per heavy atom. The van der Waals surface area contributed by atoms with Crippen molar-refractivity contribution in [1.82, 2.24) is 19.8 Å². The van der Waals surface area contributed by atoms with Crippen LogP contribution in [0, 0.1) is 0 Å². The second kappa shape index (κ2) is 6.00. The van der Waals surface area contributed by atoms with Gasteiger partial charge in [0.25, 0.3) is 0 Å². The van der Waals surface area contributed by atoms with Crippen molar-refractivity contribution in [1.29, 1.82) is 0 Å². The Hall–Kier alpha value is -1.36. The van der Waals surface area contributed by atoms with E-state index < -0.39 is 0 Å². The van der Waals surface area contributed by atoms with Gasteiger partial charge in [0.05, 0.1) is 6.54 Å². The number of aromatic nitrogens is 2. The molecule has 0 aromatic carbocycles. The molecule has 18 heavy (non-hydrogen) atoms. The SMILES string of the molecule is CCN(CC)C(=O)Cn1ccnc1CNC1CC1. The van der Waals surface area contributed by atoms with Crippen molar-refractivity contribution >= 4 is 5.91 Å². The Morgan fingerprint density at radius 2 is 2.22 bits per heavy atom. The molecule has 1 aliphatic rings. The molecule has 5 nitrogen and oxygen atoms in total. The first-order valence-electron chi connectivity index (χ1n) is 6.75. The molecule has 1 saturated carbocycles. The molecule has 0 spiro atoms. The fraction of sp³-hybridized carbons (Fsp3) is 0.692. The molecule has 0 radical (unpaired) electrons. The molecule has 100 valence electrons. The van der Waals surface area contributed by atoms with Gasteiger partial charge >= 0.3 is 0 Å². The van der Waals surface area contributed by atoms with Crippen LogP contribution in [0.3, 0.4) is 0 Å². The first kappa shape index (κ1) is 13.1. The van der Waals surface area contributed by atoms with E-state index in [2.05, 4.69) is 10.3 Å². The zero-order valence-electron chi connectivity index (χ0n) is 11.2. The van der Waals surface area contributed by atoms with Gasteiger partial charge in [-0.3, -0.25) is 4.79 Å². The van der Waals surface area contributed by atoms with E-state index >= 15 is 0 Å². The van der Waals surface area contributed by atoms with Crippen LogP contribution in [0.15, 0.2) is 12.4 Å². The maximum atomic E-state index is 12.0. The van der Waals surface area contributed by atoms with Gasteiger partial charge in [-0.15, -0.1) is 0 Å². The van der Waals surface area contributed by atoms with E-state index in [1.54, 1.807) is 6.20 Å². The lowest BCUT2D eigenvalue weighted by Crippen LogP contribution is -2.34. The molecule has 2 rings (SSSR count). The lowest BCUT2D eigenvalue weighted by atomic mass is 10.4. The third-order valence-corrected chi connectivity index (χ3v) is 3.35. The fourth-order valence-electron chi connectivity index (χ4n) is 2.00. The summed E-state index contributed by atoms with van der Waals surface area (Å²) in [7, 11) is 0. The number of rotatable bonds is 7. The van der Waals surface area contributed by atoms with E-state index in [9.17, 15) is 4.79 Å². The molecule has 5 heteroatoms. The third kappa shape index (κ3) is 3.32. The largest absolute Gasteiger partial charge is 0.342 e. The predicted molar refractivity (Wildman–Crippen MR) is 70.0 cm³/mol. The Bertz CT molecular complexity index is 393. The van der Waals surface area contributed by atoms with Crippen molar-refractivity contribution in [3.05, 3.63) is 18.2 Å². The Balaban J connectivity index is 1.91. The Kier molecular flexibility index (Phi) is 4.36.